The average Bonchev–Trinajstić information content (AvgIpc) is 3.35. The largest absolute Gasteiger partial charge is 0.508 e. The molecule has 9 aromatic rings. The molecule has 0 aromatic heterocycles. The van der Waals surface area contributed by atoms with E-state index in [1.54, 1.807) is 0 Å². The van der Waals surface area contributed by atoms with Crippen molar-refractivity contribution in [2.45, 2.75) is 52.4 Å². The van der Waals surface area contributed by atoms with E-state index in [1.165, 1.54) is 94.4 Å². The lowest BCUT2D eigenvalue weighted by molar-refractivity contribution is 0.475. The fourth-order valence-electron chi connectivity index (χ4n) is 12.1. The van der Waals surface area contributed by atoms with Crippen molar-refractivity contribution in [3.05, 3.63) is 199 Å². The smallest absolute Gasteiger partial charge is 0.252 e. The van der Waals surface area contributed by atoms with Crippen molar-refractivity contribution in [2.75, 3.05) is 15.5 Å². The average molecular weight is 888 g/mol. The minimum atomic E-state index is -0.0907. The van der Waals surface area contributed by atoms with Crippen molar-refractivity contribution in [3.63, 3.8) is 0 Å². The van der Waals surface area contributed by atoms with E-state index >= 15 is 0 Å². The van der Waals surface area contributed by atoms with Gasteiger partial charge in [-0.2, -0.15) is 0 Å². The maximum atomic E-state index is 10.6. The third-order valence-electron chi connectivity index (χ3n) is 15.5. The highest BCUT2D eigenvalue weighted by Gasteiger charge is 2.50. The zero-order valence-electron chi connectivity index (χ0n) is 40.0. The Morgan fingerprint density at radius 1 is 0.377 bits per heavy atom. The first-order valence-corrected chi connectivity index (χ1v) is 24.4. The van der Waals surface area contributed by atoms with Crippen LogP contribution in [0.15, 0.2) is 188 Å². The van der Waals surface area contributed by atoms with Gasteiger partial charge in [-0.1, -0.05) is 192 Å². The maximum Gasteiger partial charge on any atom is 0.252 e. The van der Waals surface area contributed by atoms with Crippen molar-refractivity contribution < 1.29 is 5.11 Å². The number of para-hydroxylation sites is 3. The van der Waals surface area contributed by atoms with Crippen LogP contribution >= 0.6 is 0 Å². The lowest BCUT2D eigenvalue weighted by Crippen LogP contribution is -2.69. The van der Waals surface area contributed by atoms with Crippen LogP contribution in [0, 0.1) is 0 Å². The zero-order valence-corrected chi connectivity index (χ0v) is 40.0. The van der Waals surface area contributed by atoms with Crippen LogP contribution in [0.3, 0.4) is 0 Å². The summed E-state index contributed by atoms with van der Waals surface area (Å²) in [5, 5.41) is 10.6. The van der Waals surface area contributed by atoms with Crippen molar-refractivity contribution in [3.8, 4) is 28.0 Å². The highest BCUT2D eigenvalue weighted by Crippen LogP contribution is 2.47. The predicted octanol–water partition coefficient (Wildman–Crippen LogP) is 8.65. The van der Waals surface area contributed by atoms with E-state index in [4.69, 9.17) is 5.73 Å². The molecule has 0 unspecified atom stereocenters. The number of anilines is 7. The summed E-state index contributed by atoms with van der Waals surface area (Å²) in [5.74, 6) is 0.261. The zero-order chi connectivity index (χ0) is 47.1. The quantitative estimate of drug-likeness (QED) is 0.137. The Labute approximate surface area is 407 Å². The lowest BCUT2D eigenvalue weighted by Gasteiger charge is -2.50. The van der Waals surface area contributed by atoms with Crippen LogP contribution in [-0.4, -0.2) is 25.2 Å². The molecule has 3 N–H and O–H groups in total. The van der Waals surface area contributed by atoms with Crippen LogP contribution in [0.4, 0.5) is 39.8 Å². The Kier molecular flexibility index (Phi) is 8.99. The minimum Gasteiger partial charge on any atom is -0.508 e. The van der Waals surface area contributed by atoms with E-state index < -0.39 is 0 Å². The summed E-state index contributed by atoms with van der Waals surface area (Å²) in [5.41, 5.74) is 33.2. The molecule has 4 heterocycles. The number of rotatable bonds is 4. The summed E-state index contributed by atoms with van der Waals surface area (Å²) < 4.78 is 0. The molecule has 9 aromatic carbocycles. The Balaban J connectivity index is 1.14. The number of nitrogens with two attached hydrogens (primary N) is 1. The first kappa shape index (κ1) is 41.6. The fourth-order valence-corrected chi connectivity index (χ4v) is 12.1. The van der Waals surface area contributed by atoms with E-state index in [0.29, 0.717) is 0 Å². The van der Waals surface area contributed by atoms with Gasteiger partial charge in [-0.3, -0.25) is 0 Å². The van der Waals surface area contributed by atoms with Gasteiger partial charge in [0.15, 0.2) is 0 Å². The first-order valence-electron chi connectivity index (χ1n) is 24.4. The van der Waals surface area contributed by atoms with E-state index in [-0.39, 0.29) is 36.7 Å². The van der Waals surface area contributed by atoms with E-state index in [1.807, 2.05) is 24.3 Å². The standard InChI is InChI=1S/C62H52B3N3O/c1-61(2,3)42-22-26-44(27-23-42)63-48-12-7-9-16-54(48)67-56-36-41(38-18-30-46(66)31-19-38)37-57-58(56)65(51-15-11-14-50(63)59(51)67)53-35-40(39-20-32-47(69)33-21-39)34-52-60(53)68(57)55-17-10-8-13-49(55)64(52)45-28-24-43(25-29-45)62(4,5)6/h7-37,69H,66H2,1-6H3. The van der Waals surface area contributed by atoms with Crippen LogP contribution in [-0.2, 0) is 10.8 Å². The number of aromatic hydroxyl groups is 1. The number of nitrogen functional groups attached to an aromatic ring is 1. The highest BCUT2D eigenvalue weighted by atomic mass is 16.3. The first-order chi connectivity index (χ1) is 33.3. The molecule has 0 bridgehead atoms. The lowest BCUT2D eigenvalue weighted by atomic mass is 9.28. The van der Waals surface area contributed by atoms with Gasteiger partial charge >= 0.3 is 0 Å². The molecule has 7 heteroatoms. The van der Waals surface area contributed by atoms with Crippen molar-refractivity contribution >= 4 is 109 Å². The number of benzene rings is 9. The van der Waals surface area contributed by atoms with E-state index in [9.17, 15) is 5.11 Å². The van der Waals surface area contributed by atoms with Crippen LogP contribution < -0.4 is 64.7 Å². The Morgan fingerprint density at radius 3 is 1.29 bits per heavy atom. The van der Waals surface area contributed by atoms with Gasteiger partial charge in [0.1, 0.15) is 5.75 Å². The molecule has 0 atom stereocenters. The van der Waals surface area contributed by atoms with Crippen LogP contribution in [0.1, 0.15) is 52.7 Å². The van der Waals surface area contributed by atoms with Crippen LogP contribution in [0.5, 0.6) is 5.75 Å². The maximum absolute atomic E-state index is 10.6. The van der Waals surface area contributed by atoms with Gasteiger partial charge in [-0.25, -0.2) is 0 Å². The Bertz CT molecular complexity index is 3540. The molecular formula is C62H52B3N3O. The second-order valence-electron chi connectivity index (χ2n) is 21.7. The summed E-state index contributed by atoms with van der Waals surface area (Å²) >= 11 is 0. The van der Waals surface area contributed by atoms with Gasteiger partial charge in [0.2, 0.25) is 13.4 Å². The topological polar surface area (TPSA) is 52.7 Å². The molecule has 0 saturated heterocycles. The SMILES string of the molecule is CC(C)(C)c1ccc(B2c3ccccc3N3c4cc(-c5ccc(N)cc5)cc5c4B(c4cccc2c43)c2cc(-c3ccc(O)cc3)cc3c2N5c2ccccc2B3c2ccc(C(C)(C)C)cc2)cc1. The van der Waals surface area contributed by atoms with E-state index in [0.717, 1.165) is 27.9 Å². The summed E-state index contributed by atoms with van der Waals surface area (Å²) in [6.07, 6.45) is 0. The summed E-state index contributed by atoms with van der Waals surface area (Å²) in [6.45, 7) is 13.6. The molecular weight excluding hydrogens is 835 g/mol. The van der Waals surface area contributed by atoms with Gasteiger partial charge in [0.25, 0.3) is 6.71 Å². The number of hydrogen-bond acceptors (Lipinski definition) is 4. The fraction of sp³-hybridized carbons (Fsp3) is 0.129. The predicted molar refractivity (Wildman–Crippen MR) is 297 cm³/mol. The molecule has 4 nitrogen and oxygen atoms in total. The van der Waals surface area contributed by atoms with Crippen molar-refractivity contribution in [2.24, 2.45) is 0 Å². The summed E-state index contributed by atoms with van der Waals surface area (Å²) in [4.78, 5) is 5.20. The molecule has 0 fully saturated rings. The van der Waals surface area contributed by atoms with Crippen LogP contribution in [0.25, 0.3) is 22.3 Å². The third kappa shape index (κ3) is 6.32. The van der Waals surface area contributed by atoms with Crippen molar-refractivity contribution in [1.82, 2.24) is 0 Å². The normalized spacial score (nSPS) is 13.9. The molecule has 13 rings (SSSR count). The molecule has 4 aliphatic rings. The third-order valence-corrected chi connectivity index (χ3v) is 15.5. The molecule has 69 heavy (non-hydrogen) atoms. The second kappa shape index (κ2) is 14.9. The van der Waals surface area contributed by atoms with Crippen molar-refractivity contribution in [1.29, 1.82) is 0 Å². The molecule has 0 saturated carbocycles. The molecule has 0 aliphatic carbocycles. The van der Waals surface area contributed by atoms with Gasteiger partial charge in [0.05, 0.1) is 0 Å². The van der Waals surface area contributed by atoms with Gasteiger partial charge in [-0.05, 0) is 131 Å². The highest BCUT2D eigenvalue weighted by molar-refractivity contribution is 7.05. The number of phenolic OH excluding ortho intramolecular Hbond substituents is 1. The van der Waals surface area contributed by atoms with Gasteiger partial charge in [0, 0.05) is 39.8 Å². The number of hydrogen-bond donors (Lipinski definition) is 2. The van der Waals surface area contributed by atoms with E-state index in [2.05, 4.69) is 215 Å². The molecule has 330 valence electrons. The summed E-state index contributed by atoms with van der Waals surface area (Å²) in [7, 11) is 0. The molecule has 0 radical (unpaired) electrons. The summed E-state index contributed by atoms with van der Waals surface area (Å²) in [6, 6.07) is 70.0. The van der Waals surface area contributed by atoms with Crippen LogP contribution in [0.2, 0.25) is 0 Å². The molecule has 4 aliphatic heterocycles. The Morgan fingerprint density at radius 2 is 0.783 bits per heavy atom. The molecule has 0 spiro atoms. The monoisotopic (exact) mass is 887 g/mol. The molecule has 0 amide bonds. The second-order valence-corrected chi connectivity index (χ2v) is 21.7. The minimum absolute atomic E-state index is 0.0282. The number of phenols is 1. The Hall–Kier alpha value is -7.63. The number of nitrogens with zero attached hydrogens (tertiary/aromatic N) is 2. The number of fused-ring (bicyclic) bond motifs is 8. The van der Waals surface area contributed by atoms with Gasteiger partial charge in [-0.15, -0.1) is 0 Å². The van der Waals surface area contributed by atoms with Gasteiger partial charge < -0.3 is 20.6 Å².